The van der Waals surface area contributed by atoms with Gasteiger partial charge >= 0.3 is 5.97 Å². The van der Waals surface area contributed by atoms with Crippen LogP contribution in [0.4, 0.5) is 5.69 Å². The number of aromatic carboxylic acids is 1. The van der Waals surface area contributed by atoms with Crippen LogP contribution in [0.1, 0.15) is 27.0 Å². The van der Waals surface area contributed by atoms with Crippen molar-refractivity contribution in [3.05, 3.63) is 86.9 Å². The van der Waals surface area contributed by atoms with Gasteiger partial charge in [0.2, 0.25) is 0 Å². The third kappa shape index (κ3) is 5.38. The number of aryl methyl sites for hydroxylation is 1. The summed E-state index contributed by atoms with van der Waals surface area (Å²) < 4.78 is 11.4. The highest BCUT2D eigenvalue weighted by molar-refractivity contribution is 6.33. The number of nitrogens with one attached hydrogen (secondary N) is 1. The van der Waals surface area contributed by atoms with Crippen LogP contribution < -0.4 is 14.8 Å². The fourth-order valence-electron chi connectivity index (χ4n) is 2.86. The monoisotopic (exact) mass is 445 g/mol. The summed E-state index contributed by atoms with van der Waals surface area (Å²) in [6, 6.07) is 16.4. The summed E-state index contributed by atoms with van der Waals surface area (Å²) >= 11 is 12.4. The minimum absolute atomic E-state index is 0.0390. The molecule has 0 amide bonds. The minimum Gasteiger partial charge on any atom is -0.493 e. The van der Waals surface area contributed by atoms with Crippen molar-refractivity contribution in [2.75, 3.05) is 12.4 Å². The Morgan fingerprint density at radius 2 is 1.73 bits per heavy atom. The topological polar surface area (TPSA) is 67.8 Å². The maximum atomic E-state index is 11.2. The molecule has 7 heteroatoms. The normalized spacial score (nSPS) is 10.5. The Morgan fingerprint density at radius 1 is 1.00 bits per heavy atom. The van der Waals surface area contributed by atoms with Crippen molar-refractivity contribution in [2.24, 2.45) is 0 Å². The largest absolute Gasteiger partial charge is 0.493 e. The van der Waals surface area contributed by atoms with Crippen LogP contribution in [0.15, 0.2) is 54.6 Å². The van der Waals surface area contributed by atoms with E-state index in [1.807, 2.05) is 37.3 Å². The number of benzene rings is 3. The molecule has 3 rings (SSSR count). The Kier molecular flexibility index (Phi) is 7.08. The highest BCUT2D eigenvalue weighted by atomic mass is 35.5. The Hall–Kier alpha value is -2.89. The zero-order chi connectivity index (χ0) is 21.7. The molecule has 0 heterocycles. The molecule has 0 saturated carbocycles. The van der Waals surface area contributed by atoms with Crippen molar-refractivity contribution in [3.63, 3.8) is 0 Å². The second-order valence-electron chi connectivity index (χ2n) is 6.74. The molecule has 0 spiro atoms. The third-order valence-electron chi connectivity index (χ3n) is 4.49. The summed E-state index contributed by atoms with van der Waals surface area (Å²) in [4.78, 5) is 11.2. The molecule has 0 saturated heterocycles. The summed E-state index contributed by atoms with van der Waals surface area (Å²) in [7, 11) is 1.56. The molecule has 30 heavy (non-hydrogen) atoms. The first-order valence-electron chi connectivity index (χ1n) is 9.19. The van der Waals surface area contributed by atoms with Gasteiger partial charge in [-0.2, -0.15) is 0 Å². The molecule has 0 bridgehead atoms. The molecule has 0 unspecified atom stereocenters. The number of methoxy groups -OCH3 is 1. The van der Waals surface area contributed by atoms with Gasteiger partial charge in [-0.25, -0.2) is 4.79 Å². The lowest BCUT2D eigenvalue weighted by molar-refractivity contribution is 0.0697. The first kappa shape index (κ1) is 21.8. The van der Waals surface area contributed by atoms with E-state index in [4.69, 9.17) is 32.7 Å². The number of carbonyl (C=O) groups is 1. The second-order valence-corrected chi connectivity index (χ2v) is 7.55. The van der Waals surface area contributed by atoms with Crippen LogP contribution >= 0.6 is 23.2 Å². The quantitative estimate of drug-likeness (QED) is 0.431. The SMILES string of the molecule is COc1cc(CNc2ccc(Cl)c(C(=O)O)c2)cc(Cl)c1OCc1ccc(C)cc1. The third-order valence-corrected chi connectivity index (χ3v) is 5.10. The predicted molar refractivity (Wildman–Crippen MR) is 119 cm³/mol. The van der Waals surface area contributed by atoms with E-state index in [2.05, 4.69) is 5.32 Å². The van der Waals surface area contributed by atoms with Crippen LogP contribution in [0, 0.1) is 6.92 Å². The molecule has 0 fully saturated rings. The Morgan fingerprint density at radius 3 is 2.40 bits per heavy atom. The van der Waals surface area contributed by atoms with Crippen LogP contribution in [0.25, 0.3) is 0 Å². The fourth-order valence-corrected chi connectivity index (χ4v) is 3.34. The second kappa shape index (κ2) is 9.74. The molecular weight excluding hydrogens is 425 g/mol. The molecule has 5 nitrogen and oxygen atoms in total. The van der Waals surface area contributed by atoms with Crippen molar-refractivity contribution in [1.29, 1.82) is 0 Å². The number of hydrogen-bond acceptors (Lipinski definition) is 4. The summed E-state index contributed by atoms with van der Waals surface area (Å²) in [5.74, 6) is -0.0830. The van der Waals surface area contributed by atoms with E-state index >= 15 is 0 Å². The van der Waals surface area contributed by atoms with Gasteiger partial charge in [-0.15, -0.1) is 0 Å². The summed E-state index contributed by atoms with van der Waals surface area (Å²) in [5, 5.41) is 13.0. The number of ether oxygens (including phenoxy) is 2. The summed E-state index contributed by atoms with van der Waals surface area (Å²) in [6.07, 6.45) is 0. The molecule has 0 aromatic heterocycles. The molecule has 0 aliphatic rings. The Bertz CT molecular complexity index is 1050. The van der Waals surface area contributed by atoms with Crippen LogP contribution in [-0.2, 0) is 13.2 Å². The van der Waals surface area contributed by atoms with Crippen molar-refractivity contribution in [2.45, 2.75) is 20.1 Å². The number of rotatable bonds is 8. The molecule has 156 valence electrons. The van der Waals surface area contributed by atoms with Gasteiger partial charge in [-0.05, 0) is 48.4 Å². The molecule has 0 aliphatic carbocycles. The lowest BCUT2D eigenvalue weighted by Gasteiger charge is -2.15. The fraction of sp³-hybridized carbons (Fsp3) is 0.174. The van der Waals surface area contributed by atoms with Gasteiger partial charge in [0.25, 0.3) is 0 Å². The number of halogens is 2. The van der Waals surface area contributed by atoms with Crippen molar-refractivity contribution >= 4 is 34.9 Å². The number of anilines is 1. The van der Waals surface area contributed by atoms with Crippen molar-refractivity contribution in [1.82, 2.24) is 0 Å². The van der Waals surface area contributed by atoms with Crippen LogP contribution in [-0.4, -0.2) is 18.2 Å². The van der Waals surface area contributed by atoms with E-state index in [1.165, 1.54) is 11.6 Å². The van der Waals surface area contributed by atoms with Gasteiger partial charge in [0.05, 0.1) is 22.7 Å². The summed E-state index contributed by atoms with van der Waals surface area (Å²) in [6.45, 7) is 2.81. The average molecular weight is 446 g/mol. The van der Waals surface area contributed by atoms with Gasteiger partial charge in [0, 0.05) is 12.2 Å². The number of hydrogen-bond donors (Lipinski definition) is 2. The molecule has 0 aliphatic heterocycles. The van der Waals surface area contributed by atoms with Crippen LogP contribution in [0.3, 0.4) is 0 Å². The highest BCUT2D eigenvalue weighted by Crippen LogP contribution is 2.37. The van der Waals surface area contributed by atoms with Crippen molar-refractivity contribution < 1.29 is 19.4 Å². The predicted octanol–water partition coefficient (Wildman–Crippen LogP) is 6.20. The lowest BCUT2D eigenvalue weighted by atomic mass is 10.1. The van der Waals surface area contributed by atoms with E-state index in [9.17, 15) is 9.90 Å². The smallest absolute Gasteiger partial charge is 0.337 e. The molecule has 3 aromatic carbocycles. The lowest BCUT2D eigenvalue weighted by Crippen LogP contribution is -2.04. The zero-order valence-corrected chi connectivity index (χ0v) is 18.1. The highest BCUT2D eigenvalue weighted by Gasteiger charge is 2.13. The number of carboxylic acid groups (broad SMARTS) is 1. The maximum absolute atomic E-state index is 11.2. The molecule has 2 N–H and O–H groups in total. The van der Waals surface area contributed by atoms with Crippen molar-refractivity contribution in [3.8, 4) is 11.5 Å². The molecule has 0 radical (unpaired) electrons. The van der Waals surface area contributed by atoms with E-state index < -0.39 is 5.97 Å². The molecule has 3 aromatic rings. The number of carboxylic acids is 1. The van der Waals surface area contributed by atoms with E-state index in [1.54, 1.807) is 25.3 Å². The maximum Gasteiger partial charge on any atom is 0.337 e. The van der Waals surface area contributed by atoms with Crippen LogP contribution in [0.2, 0.25) is 10.0 Å². The standard InChI is InChI=1S/C23H21Cl2NO4/c1-14-3-5-15(6-4-14)13-30-22-20(25)9-16(10-21(22)29-2)12-26-17-7-8-19(24)18(11-17)23(27)28/h3-11,26H,12-13H2,1-2H3,(H,27,28). The van der Waals surface area contributed by atoms with E-state index in [0.29, 0.717) is 35.4 Å². The molecule has 0 atom stereocenters. The van der Waals surface area contributed by atoms with Crippen LogP contribution in [0.5, 0.6) is 11.5 Å². The van der Waals surface area contributed by atoms with Gasteiger partial charge in [-0.1, -0.05) is 53.0 Å². The van der Waals surface area contributed by atoms with Gasteiger partial charge < -0.3 is 19.9 Å². The molecular formula is C23H21Cl2NO4. The first-order valence-corrected chi connectivity index (χ1v) is 9.94. The van der Waals surface area contributed by atoms with Gasteiger partial charge in [-0.3, -0.25) is 0 Å². The Labute approximate surface area is 185 Å². The average Bonchev–Trinajstić information content (AvgIpc) is 2.73. The summed E-state index contributed by atoms with van der Waals surface area (Å²) in [5.41, 5.74) is 3.74. The van der Waals surface area contributed by atoms with Gasteiger partial charge in [0.15, 0.2) is 11.5 Å². The minimum atomic E-state index is -1.08. The van der Waals surface area contributed by atoms with Gasteiger partial charge in [0.1, 0.15) is 6.61 Å². The van der Waals surface area contributed by atoms with E-state index in [0.717, 1.165) is 11.1 Å². The Balaban J connectivity index is 1.72. The van der Waals surface area contributed by atoms with E-state index in [-0.39, 0.29) is 10.6 Å². The first-order chi connectivity index (χ1) is 14.4. The zero-order valence-electron chi connectivity index (χ0n) is 16.5.